The molecule has 3 heterocycles. The first kappa shape index (κ1) is 17.1. The van der Waals surface area contributed by atoms with Crippen LogP contribution in [0, 0.1) is 0 Å². The molecule has 0 amide bonds. The van der Waals surface area contributed by atoms with E-state index < -0.39 is 0 Å². The van der Waals surface area contributed by atoms with Crippen molar-refractivity contribution in [2.75, 3.05) is 0 Å². The average Bonchev–Trinajstić information content (AvgIpc) is 3.41. The molecule has 1 aliphatic carbocycles. The SMILES string of the molecule is Cn1cc(-c2ccccc2)nc1CCc1ccc2nc(C3CC3)c(CO)n2n1. The molecule has 3 aromatic heterocycles. The van der Waals surface area contributed by atoms with Crippen LogP contribution in [-0.2, 0) is 26.5 Å². The molecule has 1 N–H and O–H groups in total. The van der Waals surface area contributed by atoms with E-state index in [1.807, 2.05) is 41.9 Å². The summed E-state index contributed by atoms with van der Waals surface area (Å²) in [6.45, 7) is -0.0245. The number of aryl methyl sites for hydroxylation is 3. The van der Waals surface area contributed by atoms with Gasteiger partial charge in [-0.05, 0) is 31.4 Å². The van der Waals surface area contributed by atoms with Crippen LogP contribution in [0.2, 0.25) is 0 Å². The largest absolute Gasteiger partial charge is 0.390 e. The van der Waals surface area contributed by atoms with Crippen molar-refractivity contribution in [2.24, 2.45) is 7.05 Å². The number of hydrogen-bond acceptors (Lipinski definition) is 4. The monoisotopic (exact) mass is 373 g/mol. The first-order chi connectivity index (χ1) is 13.7. The first-order valence-electron chi connectivity index (χ1n) is 9.79. The van der Waals surface area contributed by atoms with Gasteiger partial charge >= 0.3 is 0 Å². The van der Waals surface area contributed by atoms with E-state index in [9.17, 15) is 5.11 Å². The first-order valence-corrected chi connectivity index (χ1v) is 9.79. The van der Waals surface area contributed by atoms with Gasteiger partial charge in [-0.1, -0.05) is 30.3 Å². The Bertz CT molecular complexity index is 1120. The zero-order chi connectivity index (χ0) is 19.1. The summed E-state index contributed by atoms with van der Waals surface area (Å²) in [7, 11) is 2.03. The van der Waals surface area contributed by atoms with Gasteiger partial charge in [0, 0.05) is 31.1 Å². The van der Waals surface area contributed by atoms with Crippen molar-refractivity contribution in [3.8, 4) is 11.3 Å². The van der Waals surface area contributed by atoms with Gasteiger partial charge in [0.1, 0.15) is 5.82 Å². The predicted octanol–water partition coefficient (Wildman–Crippen LogP) is 3.28. The predicted molar refractivity (Wildman–Crippen MR) is 107 cm³/mol. The summed E-state index contributed by atoms with van der Waals surface area (Å²) in [5.74, 6) is 1.53. The normalized spacial score (nSPS) is 14.1. The third-order valence-corrected chi connectivity index (χ3v) is 5.42. The van der Waals surface area contributed by atoms with Gasteiger partial charge < -0.3 is 9.67 Å². The summed E-state index contributed by atoms with van der Waals surface area (Å²) in [4.78, 5) is 9.48. The van der Waals surface area contributed by atoms with Crippen LogP contribution < -0.4 is 0 Å². The molecule has 142 valence electrons. The summed E-state index contributed by atoms with van der Waals surface area (Å²) >= 11 is 0. The molecule has 1 aliphatic rings. The highest BCUT2D eigenvalue weighted by atomic mass is 16.3. The Kier molecular flexibility index (Phi) is 4.20. The smallest absolute Gasteiger partial charge is 0.154 e. The summed E-state index contributed by atoms with van der Waals surface area (Å²) in [5.41, 5.74) is 5.77. The highest BCUT2D eigenvalue weighted by Gasteiger charge is 2.30. The molecule has 0 unspecified atom stereocenters. The molecule has 1 fully saturated rings. The van der Waals surface area contributed by atoms with E-state index in [0.29, 0.717) is 5.92 Å². The number of hydrogen-bond donors (Lipinski definition) is 1. The number of rotatable bonds is 6. The van der Waals surface area contributed by atoms with Crippen molar-refractivity contribution >= 4 is 5.65 Å². The van der Waals surface area contributed by atoms with Crippen LogP contribution in [-0.4, -0.2) is 29.3 Å². The molecule has 1 aromatic carbocycles. The second-order valence-electron chi connectivity index (χ2n) is 7.49. The zero-order valence-corrected chi connectivity index (χ0v) is 15.9. The fourth-order valence-corrected chi connectivity index (χ4v) is 3.72. The molecule has 0 radical (unpaired) electrons. The van der Waals surface area contributed by atoms with Crippen LogP contribution in [0.3, 0.4) is 0 Å². The Balaban J connectivity index is 1.38. The molecule has 28 heavy (non-hydrogen) atoms. The topological polar surface area (TPSA) is 68.2 Å². The highest BCUT2D eigenvalue weighted by Crippen LogP contribution is 2.41. The molecule has 6 nitrogen and oxygen atoms in total. The van der Waals surface area contributed by atoms with E-state index in [4.69, 9.17) is 10.1 Å². The summed E-state index contributed by atoms with van der Waals surface area (Å²) in [6, 6.07) is 14.3. The average molecular weight is 373 g/mol. The van der Waals surface area contributed by atoms with Crippen molar-refractivity contribution in [1.82, 2.24) is 24.1 Å². The van der Waals surface area contributed by atoms with Crippen LogP contribution in [0.1, 0.15) is 41.7 Å². The zero-order valence-electron chi connectivity index (χ0n) is 15.9. The Morgan fingerprint density at radius 1 is 1.04 bits per heavy atom. The molecular weight excluding hydrogens is 350 g/mol. The van der Waals surface area contributed by atoms with Crippen LogP contribution >= 0.6 is 0 Å². The molecule has 0 atom stereocenters. The number of fused-ring (bicyclic) bond motifs is 1. The molecular formula is C22H23N5O. The summed E-state index contributed by atoms with van der Waals surface area (Å²) < 4.78 is 3.90. The second kappa shape index (κ2) is 6.87. The lowest BCUT2D eigenvalue weighted by Crippen LogP contribution is -2.05. The van der Waals surface area contributed by atoms with Gasteiger partial charge in [0.25, 0.3) is 0 Å². The molecule has 0 spiro atoms. The summed E-state index contributed by atoms with van der Waals surface area (Å²) in [5, 5.41) is 14.6. The number of nitrogens with zero attached hydrogens (tertiary/aromatic N) is 5. The van der Waals surface area contributed by atoms with Crippen molar-refractivity contribution in [2.45, 2.75) is 38.2 Å². The minimum Gasteiger partial charge on any atom is -0.390 e. The van der Waals surface area contributed by atoms with E-state index in [-0.39, 0.29) is 6.61 Å². The van der Waals surface area contributed by atoms with E-state index in [2.05, 4.69) is 27.9 Å². The minimum absolute atomic E-state index is 0.0245. The fraction of sp³-hybridized carbons (Fsp3) is 0.318. The van der Waals surface area contributed by atoms with Crippen LogP contribution in [0.4, 0.5) is 0 Å². The number of imidazole rings is 2. The van der Waals surface area contributed by atoms with Crippen LogP contribution in [0.25, 0.3) is 16.9 Å². The van der Waals surface area contributed by atoms with Gasteiger partial charge in [-0.3, -0.25) is 0 Å². The minimum atomic E-state index is -0.0245. The third-order valence-electron chi connectivity index (χ3n) is 5.42. The van der Waals surface area contributed by atoms with E-state index >= 15 is 0 Å². The van der Waals surface area contributed by atoms with Gasteiger partial charge in [0.05, 0.1) is 29.4 Å². The molecule has 0 saturated heterocycles. The summed E-state index contributed by atoms with van der Waals surface area (Å²) in [6.07, 6.45) is 5.99. The van der Waals surface area contributed by atoms with Crippen molar-refractivity contribution in [1.29, 1.82) is 0 Å². The molecule has 0 bridgehead atoms. The standard InChI is InChI=1S/C22H23N5O/c1-26-13-18(15-5-3-2-4-6-15)23-20(26)11-9-17-10-12-21-24-22(16-7-8-16)19(14-28)27(21)25-17/h2-6,10,12-13,16,28H,7-9,11,14H2,1H3. The maximum absolute atomic E-state index is 9.81. The molecule has 1 saturated carbocycles. The molecule has 0 aliphatic heterocycles. The lowest BCUT2D eigenvalue weighted by molar-refractivity contribution is 0.272. The lowest BCUT2D eigenvalue weighted by atomic mass is 10.2. The van der Waals surface area contributed by atoms with Gasteiger partial charge in [0.15, 0.2) is 5.65 Å². The number of aliphatic hydroxyl groups excluding tert-OH is 1. The Morgan fingerprint density at radius 3 is 2.61 bits per heavy atom. The van der Waals surface area contributed by atoms with Gasteiger partial charge in [-0.2, -0.15) is 5.10 Å². The molecule has 6 heteroatoms. The Labute approximate surface area is 163 Å². The second-order valence-corrected chi connectivity index (χ2v) is 7.49. The third kappa shape index (κ3) is 3.10. The van der Waals surface area contributed by atoms with Crippen molar-refractivity contribution in [3.05, 3.63) is 71.6 Å². The molecule has 5 rings (SSSR count). The Morgan fingerprint density at radius 2 is 1.86 bits per heavy atom. The van der Waals surface area contributed by atoms with Crippen molar-refractivity contribution < 1.29 is 5.11 Å². The fourth-order valence-electron chi connectivity index (χ4n) is 3.72. The van der Waals surface area contributed by atoms with Gasteiger partial charge in [-0.25, -0.2) is 14.5 Å². The quantitative estimate of drug-likeness (QED) is 0.563. The van der Waals surface area contributed by atoms with E-state index in [0.717, 1.165) is 65.5 Å². The van der Waals surface area contributed by atoms with Crippen LogP contribution in [0.15, 0.2) is 48.7 Å². The van der Waals surface area contributed by atoms with Gasteiger partial charge in [0.2, 0.25) is 0 Å². The van der Waals surface area contributed by atoms with Crippen LogP contribution in [0.5, 0.6) is 0 Å². The van der Waals surface area contributed by atoms with E-state index in [1.54, 1.807) is 0 Å². The number of benzene rings is 1. The van der Waals surface area contributed by atoms with Crippen molar-refractivity contribution in [3.63, 3.8) is 0 Å². The molecule has 4 aromatic rings. The Hall–Kier alpha value is -2.99. The van der Waals surface area contributed by atoms with Gasteiger partial charge in [-0.15, -0.1) is 0 Å². The number of aliphatic hydroxyl groups is 1. The van der Waals surface area contributed by atoms with E-state index in [1.165, 1.54) is 0 Å². The number of aromatic nitrogens is 5. The highest BCUT2D eigenvalue weighted by molar-refractivity contribution is 5.58. The maximum Gasteiger partial charge on any atom is 0.154 e. The maximum atomic E-state index is 9.81. The lowest BCUT2D eigenvalue weighted by Gasteiger charge is -2.04.